The summed E-state index contributed by atoms with van der Waals surface area (Å²) in [7, 11) is 0. The van der Waals surface area contributed by atoms with Crippen molar-refractivity contribution < 1.29 is 59.1 Å². The largest absolute Gasteiger partial charge is 2.00 e. The molecule has 1 fully saturated rings. The number of hydrogen-bond acceptors (Lipinski definition) is 2. The number of ether oxygens (including phenoxy) is 1. The van der Waals surface area contributed by atoms with Gasteiger partial charge in [0.25, 0.3) is 0 Å². The monoisotopic (exact) mass is 423 g/mol. The maximum atomic E-state index is 4.83. The molecule has 2 nitrogen and oxygen atoms in total. The van der Waals surface area contributed by atoms with Gasteiger partial charge < -0.3 is 51.5 Å². The van der Waals surface area contributed by atoms with E-state index in [9.17, 15) is 0 Å². The van der Waals surface area contributed by atoms with Crippen molar-refractivity contribution in [2.45, 2.75) is 27.7 Å². The van der Waals surface area contributed by atoms with Crippen LogP contribution in [0.25, 0.3) is 0 Å². The predicted molar refractivity (Wildman–Crippen MR) is 50.1 cm³/mol. The zero-order chi connectivity index (χ0) is 8.95. The molecule has 0 aromatic heterocycles. The third-order valence-electron chi connectivity index (χ3n) is 0.627. The van der Waals surface area contributed by atoms with Gasteiger partial charge in [-0.05, 0) is 0 Å². The van der Waals surface area contributed by atoms with E-state index in [1.807, 2.05) is 40.5 Å². The van der Waals surface area contributed by atoms with Crippen molar-refractivity contribution in [2.75, 3.05) is 19.9 Å². The standard InChI is InChI=1S/C3H7NO.2C3H7.2BrH.Pd/c1-2-5-3-4-1;2*1-3-2;;;/h4H,1-3H2;2*3H,1-2H3;2*1H;/q;2*-1;;;+2/p-2. The number of hydrogen-bond donors (Lipinski definition) is 1. The summed E-state index contributed by atoms with van der Waals surface area (Å²) in [5.74, 6) is 0. The van der Waals surface area contributed by atoms with Crippen LogP contribution < -0.4 is 39.3 Å². The first-order valence-corrected chi connectivity index (χ1v) is 4.09. The molecule has 0 aliphatic carbocycles. The zero-order valence-corrected chi connectivity index (χ0v) is 14.0. The Morgan fingerprint density at radius 1 is 1.00 bits per heavy atom. The van der Waals surface area contributed by atoms with Crippen molar-refractivity contribution in [2.24, 2.45) is 0 Å². The van der Waals surface area contributed by atoms with E-state index in [1.54, 1.807) is 0 Å². The summed E-state index contributed by atoms with van der Waals surface area (Å²) in [6.45, 7) is 10.7. The molecule has 94 valence electrons. The number of nitrogens with one attached hydrogen (secondary N) is 1. The molecular weight excluding hydrogens is 404 g/mol. The van der Waals surface area contributed by atoms with Gasteiger partial charge in [0.2, 0.25) is 0 Å². The van der Waals surface area contributed by atoms with Crippen molar-refractivity contribution in [1.82, 2.24) is 5.32 Å². The molecule has 1 rings (SSSR count). The topological polar surface area (TPSA) is 21.3 Å². The van der Waals surface area contributed by atoms with Crippen LogP contribution in [0.1, 0.15) is 27.7 Å². The van der Waals surface area contributed by atoms with Crippen LogP contribution >= 0.6 is 0 Å². The Morgan fingerprint density at radius 3 is 1.43 bits per heavy atom. The van der Waals surface area contributed by atoms with Gasteiger partial charge in [0.15, 0.2) is 0 Å². The van der Waals surface area contributed by atoms with Crippen LogP contribution in [0.2, 0.25) is 0 Å². The zero-order valence-electron chi connectivity index (χ0n) is 9.26. The fraction of sp³-hybridized carbons (Fsp3) is 0.778. The SMILES string of the molecule is C1COCN1.C[CH-]C.C[CH-]C.[Br-].[Br-].[Pd+2]. The molecule has 1 saturated heterocycles. The summed E-state index contributed by atoms with van der Waals surface area (Å²) in [6.07, 6.45) is 4.00. The summed E-state index contributed by atoms with van der Waals surface area (Å²) in [5, 5.41) is 3.00. The Labute approximate surface area is 124 Å². The van der Waals surface area contributed by atoms with Crippen LogP contribution in [0.5, 0.6) is 0 Å². The Balaban J connectivity index is -0.0000000276. The first-order valence-electron chi connectivity index (χ1n) is 4.09. The second-order valence-corrected chi connectivity index (χ2v) is 2.21. The summed E-state index contributed by atoms with van der Waals surface area (Å²) in [5.41, 5.74) is 0. The minimum atomic E-state index is 0. The molecule has 0 bridgehead atoms. The van der Waals surface area contributed by atoms with E-state index in [0.717, 1.165) is 19.9 Å². The van der Waals surface area contributed by atoms with Crippen LogP contribution in [-0.4, -0.2) is 19.9 Å². The first kappa shape index (κ1) is 29.6. The Kier molecular flexibility index (Phi) is 77.2. The predicted octanol–water partition coefficient (Wildman–Crippen LogP) is -3.97. The van der Waals surface area contributed by atoms with Gasteiger partial charge >= 0.3 is 20.4 Å². The Morgan fingerprint density at radius 2 is 1.36 bits per heavy atom. The molecule has 0 amide bonds. The molecule has 0 aromatic carbocycles. The van der Waals surface area contributed by atoms with Crippen LogP contribution in [0, 0.1) is 12.8 Å². The number of halogens is 2. The first-order chi connectivity index (χ1) is 5.33. The molecule has 1 aliphatic rings. The normalized spacial score (nSPS) is 11.1. The van der Waals surface area contributed by atoms with Gasteiger partial charge in [0.1, 0.15) is 0 Å². The molecule has 0 spiro atoms. The van der Waals surface area contributed by atoms with Crippen LogP contribution in [0.15, 0.2) is 0 Å². The van der Waals surface area contributed by atoms with Gasteiger partial charge in [0, 0.05) is 6.54 Å². The van der Waals surface area contributed by atoms with Crippen molar-refractivity contribution in [1.29, 1.82) is 0 Å². The summed E-state index contributed by atoms with van der Waals surface area (Å²) in [4.78, 5) is 0. The minimum Gasteiger partial charge on any atom is -1.00 e. The third-order valence-corrected chi connectivity index (χ3v) is 0.627. The molecule has 0 atom stereocenters. The molecule has 5 heteroatoms. The molecule has 0 saturated carbocycles. The van der Waals surface area contributed by atoms with Gasteiger partial charge in [-0.2, -0.15) is 27.7 Å². The molecule has 14 heavy (non-hydrogen) atoms. The average molecular weight is 426 g/mol. The fourth-order valence-electron chi connectivity index (χ4n) is 0.361. The van der Waals surface area contributed by atoms with Crippen LogP contribution in [-0.2, 0) is 25.2 Å². The van der Waals surface area contributed by atoms with Crippen molar-refractivity contribution in [3.8, 4) is 0 Å². The Hall–Kier alpha value is 1.54. The maximum absolute atomic E-state index is 4.83. The van der Waals surface area contributed by atoms with Gasteiger partial charge in [-0.25, -0.2) is 0 Å². The van der Waals surface area contributed by atoms with Crippen LogP contribution in [0.4, 0.5) is 0 Å². The maximum Gasteiger partial charge on any atom is 2.00 e. The molecule has 1 heterocycles. The van der Waals surface area contributed by atoms with E-state index >= 15 is 0 Å². The van der Waals surface area contributed by atoms with E-state index < -0.39 is 0 Å². The summed E-state index contributed by atoms with van der Waals surface area (Å²) >= 11 is 0. The third kappa shape index (κ3) is 49.8. The van der Waals surface area contributed by atoms with E-state index in [0.29, 0.717) is 0 Å². The van der Waals surface area contributed by atoms with E-state index in [2.05, 4.69) is 5.32 Å². The van der Waals surface area contributed by atoms with Crippen molar-refractivity contribution >= 4 is 0 Å². The molecule has 1 aliphatic heterocycles. The van der Waals surface area contributed by atoms with Crippen LogP contribution in [0.3, 0.4) is 0 Å². The van der Waals surface area contributed by atoms with E-state index in [4.69, 9.17) is 4.74 Å². The molecule has 0 radical (unpaired) electrons. The quantitative estimate of drug-likeness (QED) is 0.316. The molecule has 1 N–H and O–H groups in total. The van der Waals surface area contributed by atoms with E-state index in [-0.39, 0.29) is 54.4 Å². The summed E-state index contributed by atoms with van der Waals surface area (Å²) in [6, 6.07) is 0. The molecule has 0 aromatic rings. The smallest absolute Gasteiger partial charge is 1.00 e. The van der Waals surface area contributed by atoms with Gasteiger partial charge in [-0.15, -0.1) is 0 Å². The molecule has 0 unspecified atom stereocenters. The van der Waals surface area contributed by atoms with E-state index in [1.165, 1.54) is 0 Å². The van der Waals surface area contributed by atoms with Gasteiger partial charge in [0.05, 0.1) is 13.3 Å². The van der Waals surface area contributed by atoms with Gasteiger partial charge in [-0.3, -0.25) is 5.32 Å². The van der Waals surface area contributed by atoms with Crippen molar-refractivity contribution in [3.05, 3.63) is 12.8 Å². The Bertz CT molecular complexity index is 48.5. The minimum absolute atomic E-state index is 0. The van der Waals surface area contributed by atoms with Crippen molar-refractivity contribution in [3.63, 3.8) is 0 Å². The van der Waals surface area contributed by atoms with Gasteiger partial charge in [-0.1, -0.05) is 0 Å². The second-order valence-electron chi connectivity index (χ2n) is 2.21. The number of rotatable bonds is 0. The molecular formula is C9H21Br2NOPd-2. The summed E-state index contributed by atoms with van der Waals surface area (Å²) < 4.78 is 4.83. The fourth-order valence-corrected chi connectivity index (χ4v) is 0.361. The average Bonchev–Trinajstić information content (AvgIpc) is 2.44. The second kappa shape index (κ2) is 36.5.